The highest BCUT2D eigenvalue weighted by atomic mass is 32.1. The van der Waals surface area contributed by atoms with Crippen LogP contribution in [0.15, 0.2) is 50.5 Å². The molecule has 16 heavy (non-hydrogen) atoms. The molecule has 0 radical (unpaired) electrons. The van der Waals surface area contributed by atoms with Gasteiger partial charge in [-0.2, -0.15) is 5.26 Å². The van der Waals surface area contributed by atoms with E-state index >= 15 is 0 Å². The van der Waals surface area contributed by atoms with E-state index in [1.807, 2.05) is 30.3 Å². The summed E-state index contributed by atoms with van der Waals surface area (Å²) < 4.78 is 5.04. The van der Waals surface area contributed by atoms with Crippen LogP contribution in [0, 0.1) is 11.3 Å². The molecule has 0 amide bonds. The van der Waals surface area contributed by atoms with Gasteiger partial charge in [0.2, 0.25) is 0 Å². The molecule has 0 aliphatic rings. The van der Waals surface area contributed by atoms with Gasteiger partial charge in [0, 0.05) is 10.5 Å². The normalized spacial score (nSPS) is 9.75. The lowest BCUT2D eigenvalue weighted by atomic mass is 10.1. The van der Waals surface area contributed by atoms with Crippen LogP contribution in [0.2, 0.25) is 0 Å². The van der Waals surface area contributed by atoms with Crippen molar-refractivity contribution in [2.24, 2.45) is 0 Å². The molecule has 0 bridgehead atoms. The van der Waals surface area contributed by atoms with Gasteiger partial charge in [0.25, 0.3) is 0 Å². The zero-order chi connectivity index (χ0) is 11.5. The fraction of sp³-hybridized carbons (Fsp3) is 0. The van der Waals surface area contributed by atoms with Gasteiger partial charge < -0.3 is 4.42 Å². The monoisotopic (exact) mass is 229 g/mol. The van der Waals surface area contributed by atoms with Crippen LogP contribution >= 0.6 is 12.6 Å². The Kier molecular flexibility index (Phi) is 2.80. The molecule has 2 aromatic rings. The Bertz CT molecular complexity index is 611. The van der Waals surface area contributed by atoms with Crippen molar-refractivity contribution in [1.82, 2.24) is 0 Å². The van der Waals surface area contributed by atoms with Crippen molar-refractivity contribution < 1.29 is 4.42 Å². The Balaban J connectivity index is 2.63. The molecule has 0 fully saturated rings. The van der Waals surface area contributed by atoms with Gasteiger partial charge in [-0.05, 0) is 6.07 Å². The minimum Gasteiger partial charge on any atom is -0.422 e. The van der Waals surface area contributed by atoms with Crippen LogP contribution in [0.5, 0.6) is 0 Å². The van der Waals surface area contributed by atoms with Gasteiger partial charge >= 0.3 is 5.63 Å². The maximum Gasteiger partial charge on any atom is 0.355 e. The molecular weight excluding hydrogens is 222 g/mol. The van der Waals surface area contributed by atoms with Gasteiger partial charge in [-0.3, -0.25) is 0 Å². The van der Waals surface area contributed by atoms with E-state index in [0.717, 1.165) is 5.56 Å². The van der Waals surface area contributed by atoms with Crippen molar-refractivity contribution in [3.8, 4) is 17.4 Å². The quantitative estimate of drug-likeness (QED) is 0.764. The SMILES string of the molecule is N#Cc1c(S)cc(-c2ccccc2)oc1=O. The van der Waals surface area contributed by atoms with Gasteiger partial charge in [-0.25, -0.2) is 4.79 Å². The predicted octanol–water partition coefficient (Wildman–Crippen LogP) is 2.47. The third-order valence-electron chi connectivity index (χ3n) is 2.10. The first-order chi connectivity index (χ1) is 7.72. The summed E-state index contributed by atoms with van der Waals surface area (Å²) in [7, 11) is 0. The Morgan fingerprint density at radius 3 is 2.50 bits per heavy atom. The summed E-state index contributed by atoms with van der Waals surface area (Å²) in [5, 5.41) is 8.70. The smallest absolute Gasteiger partial charge is 0.355 e. The van der Waals surface area contributed by atoms with Crippen LogP contribution in [0.25, 0.3) is 11.3 Å². The number of rotatable bonds is 1. The number of nitriles is 1. The lowest BCUT2D eigenvalue weighted by Gasteiger charge is -2.01. The summed E-state index contributed by atoms with van der Waals surface area (Å²) in [6.45, 7) is 0. The van der Waals surface area contributed by atoms with Gasteiger partial charge in [-0.1, -0.05) is 30.3 Å². The largest absolute Gasteiger partial charge is 0.422 e. The molecule has 78 valence electrons. The molecule has 0 saturated heterocycles. The first-order valence-electron chi connectivity index (χ1n) is 4.55. The fourth-order valence-electron chi connectivity index (χ4n) is 1.33. The standard InChI is InChI=1S/C12H7NO2S/c13-7-9-11(16)6-10(15-12(9)14)8-4-2-1-3-5-8/h1-6,16H. The van der Waals surface area contributed by atoms with Crippen LogP contribution in [0.4, 0.5) is 0 Å². The summed E-state index contributed by atoms with van der Waals surface area (Å²) >= 11 is 4.09. The van der Waals surface area contributed by atoms with E-state index in [1.54, 1.807) is 12.1 Å². The second-order valence-corrected chi connectivity index (χ2v) is 3.62. The van der Waals surface area contributed by atoms with E-state index in [2.05, 4.69) is 12.6 Å². The second-order valence-electron chi connectivity index (χ2n) is 3.14. The van der Waals surface area contributed by atoms with Crippen molar-refractivity contribution in [1.29, 1.82) is 5.26 Å². The van der Waals surface area contributed by atoms with Crippen LogP contribution in [0.3, 0.4) is 0 Å². The summed E-state index contributed by atoms with van der Waals surface area (Å²) in [5.74, 6) is 0.412. The molecule has 1 aromatic heterocycles. The molecule has 0 unspecified atom stereocenters. The van der Waals surface area contributed by atoms with Gasteiger partial charge in [0.05, 0.1) is 0 Å². The maximum atomic E-state index is 11.4. The molecule has 0 N–H and O–H groups in total. The van der Waals surface area contributed by atoms with Crippen LogP contribution in [-0.2, 0) is 0 Å². The molecule has 0 saturated carbocycles. The molecule has 1 heterocycles. The van der Waals surface area contributed by atoms with Crippen LogP contribution in [-0.4, -0.2) is 0 Å². The number of benzene rings is 1. The minimum absolute atomic E-state index is 0.0667. The lowest BCUT2D eigenvalue weighted by Crippen LogP contribution is -2.05. The molecule has 0 aliphatic carbocycles. The average Bonchev–Trinajstić information content (AvgIpc) is 2.30. The highest BCUT2D eigenvalue weighted by Crippen LogP contribution is 2.21. The highest BCUT2D eigenvalue weighted by molar-refractivity contribution is 7.80. The molecule has 0 aliphatic heterocycles. The Morgan fingerprint density at radius 2 is 1.94 bits per heavy atom. The van der Waals surface area contributed by atoms with Crippen molar-refractivity contribution in [2.45, 2.75) is 4.90 Å². The first-order valence-corrected chi connectivity index (χ1v) is 4.99. The third kappa shape index (κ3) is 1.86. The molecule has 0 spiro atoms. The van der Waals surface area contributed by atoms with Crippen molar-refractivity contribution >= 4 is 12.6 Å². The molecule has 0 atom stereocenters. The predicted molar refractivity (Wildman–Crippen MR) is 62.4 cm³/mol. The van der Waals surface area contributed by atoms with E-state index < -0.39 is 5.63 Å². The Morgan fingerprint density at radius 1 is 1.25 bits per heavy atom. The zero-order valence-electron chi connectivity index (χ0n) is 8.18. The molecule has 4 heteroatoms. The molecule has 2 rings (SSSR count). The summed E-state index contributed by atoms with van der Waals surface area (Å²) in [6, 6.07) is 12.5. The van der Waals surface area contributed by atoms with Crippen molar-refractivity contribution in [3.63, 3.8) is 0 Å². The zero-order valence-corrected chi connectivity index (χ0v) is 9.07. The van der Waals surface area contributed by atoms with E-state index in [4.69, 9.17) is 9.68 Å². The first kappa shape index (κ1) is 10.5. The number of nitrogens with zero attached hydrogens (tertiary/aromatic N) is 1. The topological polar surface area (TPSA) is 54.0 Å². The highest BCUT2D eigenvalue weighted by Gasteiger charge is 2.09. The fourth-order valence-corrected chi connectivity index (χ4v) is 1.59. The average molecular weight is 229 g/mol. The molecule has 1 aromatic carbocycles. The van der Waals surface area contributed by atoms with E-state index in [1.165, 1.54) is 0 Å². The summed E-state index contributed by atoms with van der Waals surface area (Å²) in [4.78, 5) is 11.8. The number of thiol groups is 1. The van der Waals surface area contributed by atoms with Crippen molar-refractivity contribution in [2.75, 3.05) is 0 Å². The lowest BCUT2D eigenvalue weighted by molar-refractivity contribution is 0.519. The van der Waals surface area contributed by atoms with Crippen LogP contribution < -0.4 is 5.63 Å². The third-order valence-corrected chi connectivity index (χ3v) is 2.45. The Labute approximate surface area is 97.4 Å². The van der Waals surface area contributed by atoms with Gasteiger partial charge in [-0.15, -0.1) is 12.6 Å². The van der Waals surface area contributed by atoms with Gasteiger partial charge in [0.15, 0.2) is 5.56 Å². The maximum absolute atomic E-state index is 11.4. The minimum atomic E-state index is -0.658. The molecule has 3 nitrogen and oxygen atoms in total. The van der Waals surface area contributed by atoms with E-state index in [9.17, 15) is 4.79 Å². The van der Waals surface area contributed by atoms with Crippen LogP contribution in [0.1, 0.15) is 5.56 Å². The van der Waals surface area contributed by atoms with Gasteiger partial charge in [0.1, 0.15) is 11.8 Å². The Hall–Kier alpha value is -1.99. The summed E-state index contributed by atoms with van der Waals surface area (Å²) in [5.41, 5.74) is 0.0521. The second kappa shape index (κ2) is 4.25. The number of hydrogen-bond acceptors (Lipinski definition) is 4. The van der Waals surface area contributed by atoms with E-state index in [0.29, 0.717) is 10.7 Å². The molecular formula is C12H7NO2S. The number of hydrogen-bond donors (Lipinski definition) is 1. The van der Waals surface area contributed by atoms with Crippen molar-refractivity contribution in [3.05, 3.63) is 52.4 Å². The van der Waals surface area contributed by atoms with E-state index in [-0.39, 0.29) is 5.56 Å². The summed E-state index contributed by atoms with van der Waals surface area (Å²) in [6.07, 6.45) is 0.